The molecule has 2 heteroatoms. The van der Waals surface area contributed by atoms with E-state index >= 15 is 0 Å². The summed E-state index contributed by atoms with van der Waals surface area (Å²) in [6, 6.07) is 19.7. The molecular formula is C15H14O2. The maximum absolute atomic E-state index is 10.2. The molecule has 0 unspecified atom stereocenters. The van der Waals surface area contributed by atoms with Crippen LogP contribution in [0.3, 0.4) is 0 Å². The van der Waals surface area contributed by atoms with Crippen LogP contribution in [0.2, 0.25) is 0 Å². The summed E-state index contributed by atoms with van der Waals surface area (Å²) in [7, 11) is 0. The van der Waals surface area contributed by atoms with Crippen molar-refractivity contribution >= 4 is 0 Å². The van der Waals surface area contributed by atoms with Crippen molar-refractivity contribution in [3.63, 3.8) is 0 Å². The fourth-order valence-electron chi connectivity index (χ4n) is 2.11. The molecule has 1 saturated heterocycles. The molecule has 0 aliphatic carbocycles. The molecule has 86 valence electrons. The summed E-state index contributed by atoms with van der Waals surface area (Å²) in [6.07, 6.45) is -0.618. The molecule has 0 aromatic heterocycles. The van der Waals surface area contributed by atoms with Crippen LogP contribution in [-0.2, 0) is 4.74 Å². The van der Waals surface area contributed by atoms with Gasteiger partial charge in [0.2, 0.25) is 0 Å². The number of aliphatic hydroxyl groups excluding tert-OH is 1. The molecule has 2 aromatic carbocycles. The highest BCUT2D eigenvalue weighted by atomic mass is 16.6. The summed E-state index contributed by atoms with van der Waals surface area (Å²) >= 11 is 0. The second kappa shape index (κ2) is 4.32. The lowest BCUT2D eigenvalue weighted by Crippen LogP contribution is -2.05. The van der Waals surface area contributed by atoms with Gasteiger partial charge in [-0.1, -0.05) is 60.7 Å². The molecule has 1 aliphatic rings. The number of aliphatic hydroxyl groups is 1. The van der Waals surface area contributed by atoms with E-state index in [4.69, 9.17) is 4.74 Å². The summed E-state index contributed by atoms with van der Waals surface area (Å²) in [5.74, 6) is 0. The van der Waals surface area contributed by atoms with Crippen molar-refractivity contribution in [3.8, 4) is 0 Å². The van der Waals surface area contributed by atoms with E-state index in [1.54, 1.807) is 0 Å². The van der Waals surface area contributed by atoms with Gasteiger partial charge in [0, 0.05) is 0 Å². The van der Waals surface area contributed by atoms with Crippen LogP contribution in [0.4, 0.5) is 0 Å². The average molecular weight is 226 g/mol. The summed E-state index contributed by atoms with van der Waals surface area (Å²) in [6.45, 7) is 0. The van der Waals surface area contributed by atoms with Crippen molar-refractivity contribution in [1.82, 2.24) is 0 Å². The van der Waals surface area contributed by atoms with Gasteiger partial charge in [0.15, 0.2) is 0 Å². The minimum atomic E-state index is -0.540. The van der Waals surface area contributed by atoms with Crippen LogP contribution in [0.5, 0.6) is 0 Å². The standard InChI is InChI=1S/C15H14O2/c16-13(11-7-3-1-4-8-11)15-14(17-15)12-9-5-2-6-10-12/h1-10,13-16H/t13-,14+,15+/m0/s1. The Morgan fingerprint density at radius 2 is 1.47 bits per heavy atom. The number of rotatable bonds is 3. The zero-order chi connectivity index (χ0) is 11.7. The summed E-state index contributed by atoms with van der Waals surface area (Å²) in [4.78, 5) is 0. The molecule has 3 atom stereocenters. The Morgan fingerprint density at radius 3 is 2.12 bits per heavy atom. The largest absolute Gasteiger partial charge is 0.386 e. The van der Waals surface area contributed by atoms with Gasteiger partial charge in [-0.25, -0.2) is 0 Å². The highest BCUT2D eigenvalue weighted by Gasteiger charge is 2.45. The Hall–Kier alpha value is -1.64. The van der Waals surface area contributed by atoms with Crippen molar-refractivity contribution in [2.45, 2.75) is 18.3 Å². The Balaban J connectivity index is 1.73. The highest BCUT2D eigenvalue weighted by molar-refractivity contribution is 5.26. The summed E-state index contributed by atoms with van der Waals surface area (Å²) < 4.78 is 5.57. The van der Waals surface area contributed by atoms with Crippen LogP contribution in [0.1, 0.15) is 23.3 Å². The second-order valence-electron chi connectivity index (χ2n) is 4.29. The SMILES string of the molecule is O[C@@H](c1ccccc1)[C@H]1O[C@@H]1c1ccccc1. The topological polar surface area (TPSA) is 32.8 Å². The predicted octanol–water partition coefficient (Wildman–Crippen LogP) is 2.86. The highest BCUT2D eigenvalue weighted by Crippen LogP contribution is 2.45. The molecule has 0 radical (unpaired) electrons. The molecule has 2 nitrogen and oxygen atoms in total. The molecule has 0 bridgehead atoms. The van der Waals surface area contributed by atoms with Gasteiger partial charge in [-0.15, -0.1) is 0 Å². The Bertz CT molecular complexity index is 481. The van der Waals surface area contributed by atoms with Crippen LogP contribution < -0.4 is 0 Å². The molecule has 3 rings (SSSR count). The second-order valence-corrected chi connectivity index (χ2v) is 4.29. The number of ether oxygens (including phenoxy) is 1. The van der Waals surface area contributed by atoms with Crippen molar-refractivity contribution in [3.05, 3.63) is 71.8 Å². The first-order valence-electron chi connectivity index (χ1n) is 5.79. The molecule has 2 aromatic rings. The quantitative estimate of drug-likeness (QED) is 0.816. The molecule has 1 heterocycles. The first-order chi connectivity index (χ1) is 8.36. The van der Waals surface area contributed by atoms with Gasteiger partial charge in [-0.05, 0) is 11.1 Å². The Kier molecular flexibility index (Phi) is 2.67. The van der Waals surface area contributed by atoms with Crippen LogP contribution in [-0.4, -0.2) is 11.2 Å². The number of hydrogen-bond acceptors (Lipinski definition) is 2. The predicted molar refractivity (Wildman–Crippen MR) is 65.5 cm³/mol. The fourth-order valence-corrected chi connectivity index (χ4v) is 2.11. The summed E-state index contributed by atoms with van der Waals surface area (Å²) in [5.41, 5.74) is 2.04. The Morgan fingerprint density at radius 1 is 0.882 bits per heavy atom. The molecule has 1 N–H and O–H groups in total. The van der Waals surface area contributed by atoms with E-state index in [-0.39, 0.29) is 12.2 Å². The van der Waals surface area contributed by atoms with Gasteiger partial charge in [0.25, 0.3) is 0 Å². The van der Waals surface area contributed by atoms with E-state index in [1.807, 2.05) is 60.7 Å². The lowest BCUT2D eigenvalue weighted by atomic mass is 10.0. The normalized spacial score (nSPS) is 24.3. The van der Waals surface area contributed by atoms with Crippen molar-refractivity contribution < 1.29 is 9.84 Å². The van der Waals surface area contributed by atoms with Gasteiger partial charge in [-0.2, -0.15) is 0 Å². The maximum atomic E-state index is 10.2. The number of hydrogen-bond donors (Lipinski definition) is 1. The minimum Gasteiger partial charge on any atom is -0.386 e. The van der Waals surface area contributed by atoms with Crippen LogP contribution in [0.15, 0.2) is 60.7 Å². The van der Waals surface area contributed by atoms with Crippen molar-refractivity contribution in [2.75, 3.05) is 0 Å². The number of benzene rings is 2. The minimum absolute atomic E-state index is 0.0337. The van der Waals surface area contributed by atoms with Crippen molar-refractivity contribution in [1.29, 1.82) is 0 Å². The first kappa shape index (κ1) is 10.5. The van der Waals surface area contributed by atoms with E-state index in [9.17, 15) is 5.11 Å². The van der Waals surface area contributed by atoms with Crippen LogP contribution in [0, 0.1) is 0 Å². The van der Waals surface area contributed by atoms with Crippen LogP contribution >= 0.6 is 0 Å². The molecular weight excluding hydrogens is 212 g/mol. The molecule has 1 aliphatic heterocycles. The van der Waals surface area contributed by atoms with Gasteiger partial charge in [-0.3, -0.25) is 0 Å². The number of epoxide rings is 1. The maximum Gasteiger partial charge on any atom is 0.119 e. The molecule has 0 amide bonds. The monoisotopic (exact) mass is 226 g/mol. The zero-order valence-corrected chi connectivity index (χ0v) is 9.36. The van der Waals surface area contributed by atoms with Gasteiger partial charge in [0.05, 0.1) is 0 Å². The molecule has 0 saturated carbocycles. The van der Waals surface area contributed by atoms with Crippen LogP contribution in [0.25, 0.3) is 0 Å². The van der Waals surface area contributed by atoms with E-state index < -0.39 is 6.10 Å². The third-order valence-electron chi connectivity index (χ3n) is 3.11. The first-order valence-corrected chi connectivity index (χ1v) is 5.79. The van der Waals surface area contributed by atoms with E-state index in [0.717, 1.165) is 11.1 Å². The Labute approximate surface area is 100 Å². The molecule has 17 heavy (non-hydrogen) atoms. The average Bonchev–Trinajstić information content (AvgIpc) is 3.20. The molecule has 0 spiro atoms. The fraction of sp³-hybridized carbons (Fsp3) is 0.200. The van der Waals surface area contributed by atoms with Crippen molar-refractivity contribution in [2.24, 2.45) is 0 Å². The van der Waals surface area contributed by atoms with E-state index in [0.29, 0.717) is 0 Å². The van der Waals surface area contributed by atoms with E-state index in [1.165, 1.54) is 0 Å². The van der Waals surface area contributed by atoms with Gasteiger partial charge in [0.1, 0.15) is 18.3 Å². The van der Waals surface area contributed by atoms with E-state index in [2.05, 4.69) is 0 Å². The third kappa shape index (κ3) is 2.09. The smallest absolute Gasteiger partial charge is 0.119 e. The van der Waals surface area contributed by atoms with Gasteiger partial charge < -0.3 is 9.84 Å². The lowest BCUT2D eigenvalue weighted by molar-refractivity contribution is 0.137. The molecule has 1 fully saturated rings. The van der Waals surface area contributed by atoms with Gasteiger partial charge >= 0.3 is 0 Å². The summed E-state index contributed by atoms with van der Waals surface area (Å²) in [5, 5.41) is 10.2. The lowest BCUT2D eigenvalue weighted by Gasteiger charge is -2.07. The zero-order valence-electron chi connectivity index (χ0n) is 9.36. The third-order valence-corrected chi connectivity index (χ3v) is 3.11.